The lowest BCUT2D eigenvalue weighted by molar-refractivity contribution is -0.255. The number of aromatic amines is 1. The first-order valence-corrected chi connectivity index (χ1v) is 5.16. The number of H-pyrrole nitrogens is 1. The highest BCUT2D eigenvalue weighted by atomic mass is 19.4. The van der Waals surface area contributed by atoms with Crippen molar-refractivity contribution in [3.63, 3.8) is 0 Å². The summed E-state index contributed by atoms with van der Waals surface area (Å²) in [7, 11) is 0. The van der Waals surface area contributed by atoms with Gasteiger partial charge in [-0.1, -0.05) is 0 Å². The number of hydrogen-bond acceptors (Lipinski definition) is 2. The van der Waals surface area contributed by atoms with Crippen LogP contribution in [0.2, 0.25) is 0 Å². The van der Waals surface area contributed by atoms with E-state index in [4.69, 9.17) is 5.26 Å². The molecule has 1 N–H and O–H groups in total. The fourth-order valence-corrected chi connectivity index (χ4v) is 1.73. The lowest BCUT2D eigenvalue weighted by atomic mass is 10.1. The molecule has 0 atom stereocenters. The SMILES string of the molecule is N#Cc1ccc2nc(C(C(F)(F)F)C(F)(F)F)[nH]c2c1. The van der Waals surface area contributed by atoms with Gasteiger partial charge < -0.3 is 4.98 Å². The van der Waals surface area contributed by atoms with Gasteiger partial charge in [-0.05, 0) is 18.2 Å². The van der Waals surface area contributed by atoms with Gasteiger partial charge in [0, 0.05) is 0 Å². The summed E-state index contributed by atoms with van der Waals surface area (Å²) < 4.78 is 75.3. The van der Waals surface area contributed by atoms with E-state index in [-0.39, 0.29) is 16.6 Å². The first-order valence-electron chi connectivity index (χ1n) is 5.16. The molecule has 2 aromatic rings. The zero-order chi connectivity index (χ0) is 15.1. The van der Waals surface area contributed by atoms with Crippen molar-refractivity contribution >= 4 is 11.0 Å². The first kappa shape index (κ1) is 14.2. The molecule has 0 unspecified atom stereocenters. The van der Waals surface area contributed by atoms with Crippen molar-refractivity contribution in [3.05, 3.63) is 29.6 Å². The van der Waals surface area contributed by atoms with E-state index in [9.17, 15) is 26.3 Å². The van der Waals surface area contributed by atoms with Crippen LogP contribution >= 0.6 is 0 Å². The third-order valence-corrected chi connectivity index (χ3v) is 2.56. The van der Waals surface area contributed by atoms with Crippen molar-refractivity contribution in [1.82, 2.24) is 9.97 Å². The number of aromatic nitrogens is 2. The predicted molar refractivity (Wildman–Crippen MR) is 55.7 cm³/mol. The van der Waals surface area contributed by atoms with Crippen LogP contribution in [0.5, 0.6) is 0 Å². The van der Waals surface area contributed by atoms with Gasteiger partial charge in [0.1, 0.15) is 5.82 Å². The standard InChI is InChI=1S/C11H5F6N3/c12-10(13,14)8(11(15,16)17)9-19-6-2-1-5(4-18)3-7(6)20-9/h1-3,8H,(H,19,20). The van der Waals surface area contributed by atoms with Crippen LogP contribution in [0.4, 0.5) is 26.3 Å². The van der Waals surface area contributed by atoms with E-state index < -0.39 is 24.1 Å². The smallest absolute Gasteiger partial charge is 0.341 e. The number of nitriles is 1. The molecule has 0 aliphatic carbocycles. The van der Waals surface area contributed by atoms with E-state index in [1.165, 1.54) is 12.1 Å². The summed E-state index contributed by atoms with van der Waals surface area (Å²) in [6.45, 7) is 0. The molecule has 106 valence electrons. The Balaban J connectivity index is 2.58. The highest BCUT2D eigenvalue weighted by Gasteiger charge is 2.59. The minimum absolute atomic E-state index is 0.0578. The molecule has 1 aromatic heterocycles. The van der Waals surface area contributed by atoms with E-state index in [0.717, 1.165) is 6.07 Å². The second-order valence-electron chi connectivity index (χ2n) is 3.98. The molecular weight excluding hydrogens is 288 g/mol. The Morgan fingerprint density at radius 1 is 1.10 bits per heavy atom. The molecule has 20 heavy (non-hydrogen) atoms. The number of fused-ring (bicyclic) bond motifs is 1. The molecule has 3 nitrogen and oxygen atoms in total. The summed E-state index contributed by atoms with van der Waals surface area (Å²) in [6.07, 6.45) is -11.0. The number of rotatable bonds is 1. The van der Waals surface area contributed by atoms with E-state index >= 15 is 0 Å². The Morgan fingerprint density at radius 2 is 1.70 bits per heavy atom. The lowest BCUT2D eigenvalue weighted by Gasteiger charge is -2.20. The van der Waals surface area contributed by atoms with Gasteiger partial charge in [0.2, 0.25) is 5.92 Å². The topological polar surface area (TPSA) is 52.5 Å². The van der Waals surface area contributed by atoms with Crippen LogP contribution < -0.4 is 0 Å². The summed E-state index contributed by atoms with van der Waals surface area (Å²) in [5.41, 5.74) is -0.0293. The lowest BCUT2D eigenvalue weighted by Crippen LogP contribution is -2.34. The van der Waals surface area contributed by atoms with Gasteiger partial charge in [0.25, 0.3) is 0 Å². The van der Waals surface area contributed by atoms with Crippen LogP contribution in [0.15, 0.2) is 18.2 Å². The van der Waals surface area contributed by atoms with Crippen molar-refractivity contribution in [1.29, 1.82) is 5.26 Å². The van der Waals surface area contributed by atoms with Crippen molar-refractivity contribution in [3.8, 4) is 6.07 Å². The monoisotopic (exact) mass is 293 g/mol. The number of nitrogens with one attached hydrogen (secondary N) is 1. The Bertz CT molecular complexity index is 662. The fraction of sp³-hybridized carbons (Fsp3) is 0.273. The van der Waals surface area contributed by atoms with E-state index in [1.807, 2.05) is 4.98 Å². The average Bonchev–Trinajstić information content (AvgIpc) is 2.65. The number of hydrogen-bond donors (Lipinski definition) is 1. The Kier molecular flexibility index (Phi) is 3.12. The minimum Gasteiger partial charge on any atom is -0.341 e. The summed E-state index contributed by atoms with van der Waals surface area (Å²) in [5.74, 6) is -4.93. The molecule has 0 spiro atoms. The molecule has 1 heterocycles. The number of imidazole rings is 1. The molecule has 0 saturated carbocycles. The molecule has 0 saturated heterocycles. The zero-order valence-electron chi connectivity index (χ0n) is 9.47. The number of halogens is 6. The Labute approximate surface area is 107 Å². The molecule has 1 aromatic carbocycles. The van der Waals surface area contributed by atoms with Gasteiger partial charge in [-0.2, -0.15) is 31.6 Å². The maximum absolute atomic E-state index is 12.5. The third-order valence-electron chi connectivity index (χ3n) is 2.56. The maximum Gasteiger partial charge on any atom is 0.407 e. The van der Waals surface area contributed by atoms with Crippen molar-refractivity contribution < 1.29 is 26.3 Å². The first-order chi connectivity index (χ1) is 9.13. The Hall–Kier alpha value is -2.24. The zero-order valence-corrected chi connectivity index (χ0v) is 9.47. The highest BCUT2D eigenvalue weighted by molar-refractivity contribution is 5.76. The normalized spacial score (nSPS) is 12.9. The van der Waals surface area contributed by atoms with Crippen molar-refractivity contribution in [2.45, 2.75) is 18.3 Å². The van der Waals surface area contributed by atoms with Crippen molar-refractivity contribution in [2.24, 2.45) is 0 Å². The number of alkyl halides is 6. The molecule has 0 radical (unpaired) electrons. The van der Waals surface area contributed by atoms with E-state index in [2.05, 4.69) is 4.98 Å². The molecule has 0 aliphatic heterocycles. The fourth-order valence-electron chi connectivity index (χ4n) is 1.73. The van der Waals surface area contributed by atoms with Crippen LogP contribution in [0.25, 0.3) is 11.0 Å². The summed E-state index contributed by atoms with van der Waals surface area (Å²) in [4.78, 5) is 5.30. The van der Waals surface area contributed by atoms with Gasteiger partial charge in [-0.15, -0.1) is 0 Å². The van der Waals surface area contributed by atoms with Crippen LogP contribution in [0.1, 0.15) is 17.3 Å². The largest absolute Gasteiger partial charge is 0.407 e. The van der Waals surface area contributed by atoms with Gasteiger partial charge >= 0.3 is 12.4 Å². The quantitative estimate of drug-likeness (QED) is 0.816. The maximum atomic E-state index is 12.5. The molecular formula is C11H5F6N3. The van der Waals surface area contributed by atoms with Crippen LogP contribution in [0, 0.1) is 11.3 Å². The van der Waals surface area contributed by atoms with Crippen LogP contribution in [0.3, 0.4) is 0 Å². The predicted octanol–water partition coefficient (Wildman–Crippen LogP) is 3.64. The average molecular weight is 293 g/mol. The summed E-state index contributed by atoms with van der Waals surface area (Å²) in [6, 6.07) is 5.29. The van der Waals surface area contributed by atoms with Gasteiger partial charge in [-0.3, -0.25) is 0 Å². The van der Waals surface area contributed by atoms with E-state index in [0.29, 0.717) is 0 Å². The van der Waals surface area contributed by atoms with Crippen LogP contribution in [-0.2, 0) is 0 Å². The molecule has 0 aliphatic rings. The van der Waals surface area contributed by atoms with Gasteiger partial charge in [0.05, 0.1) is 22.7 Å². The molecule has 2 rings (SSSR count). The third kappa shape index (κ3) is 2.54. The number of benzene rings is 1. The van der Waals surface area contributed by atoms with Gasteiger partial charge in [-0.25, -0.2) is 4.98 Å². The second kappa shape index (κ2) is 4.40. The van der Waals surface area contributed by atoms with E-state index in [1.54, 1.807) is 6.07 Å². The molecule has 0 bridgehead atoms. The summed E-state index contributed by atoms with van der Waals surface area (Å²) >= 11 is 0. The molecule has 9 heteroatoms. The van der Waals surface area contributed by atoms with Crippen molar-refractivity contribution in [2.75, 3.05) is 0 Å². The Morgan fingerprint density at radius 3 is 2.20 bits per heavy atom. The second-order valence-corrected chi connectivity index (χ2v) is 3.98. The summed E-state index contributed by atoms with van der Waals surface area (Å²) in [5, 5.41) is 8.63. The molecule has 0 amide bonds. The van der Waals surface area contributed by atoms with Crippen LogP contribution in [-0.4, -0.2) is 22.3 Å². The minimum atomic E-state index is -5.51. The number of nitrogens with zero attached hydrogens (tertiary/aromatic N) is 2. The van der Waals surface area contributed by atoms with Gasteiger partial charge in [0.15, 0.2) is 0 Å². The molecule has 0 fully saturated rings. The highest BCUT2D eigenvalue weighted by Crippen LogP contribution is 2.45.